The SMILES string of the molecule is C[C@]12CCC(C[C@@H](Oc3ncc(-c4ccc(-n5ccnc5)cc4O)nn3)C1)N2. The summed E-state index contributed by atoms with van der Waals surface area (Å²) in [7, 11) is 0. The molecule has 4 heterocycles. The number of nitrogens with one attached hydrogen (secondary N) is 1. The largest absolute Gasteiger partial charge is 0.507 e. The fourth-order valence-electron chi connectivity index (χ4n) is 4.36. The molecular formula is C20H22N6O2. The molecule has 8 heteroatoms. The maximum atomic E-state index is 10.4. The van der Waals surface area contributed by atoms with E-state index >= 15 is 0 Å². The van der Waals surface area contributed by atoms with E-state index in [0.29, 0.717) is 17.3 Å². The van der Waals surface area contributed by atoms with E-state index < -0.39 is 0 Å². The van der Waals surface area contributed by atoms with Crippen LogP contribution in [0.4, 0.5) is 0 Å². The summed E-state index contributed by atoms with van der Waals surface area (Å²) in [6.45, 7) is 2.25. The first kappa shape index (κ1) is 17.1. The van der Waals surface area contributed by atoms with Crippen molar-refractivity contribution in [1.29, 1.82) is 0 Å². The van der Waals surface area contributed by atoms with Crippen molar-refractivity contribution in [3.8, 4) is 28.7 Å². The zero-order chi connectivity index (χ0) is 19.1. The lowest BCUT2D eigenvalue weighted by molar-refractivity contribution is 0.0976. The molecule has 0 amide bonds. The number of aromatic hydroxyl groups is 1. The molecule has 3 aromatic rings. The molecule has 1 unspecified atom stereocenters. The Morgan fingerprint density at radius 3 is 2.96 bits per heavy atom. The van der Waals surface area contributed by atoms with Crippen LogP contribution in [0.25, 0.3) is 16.9 Å². The number of piperidine rings is 1. The van der Waals surface area contributed by atoms with E-state index in [1.165, 1.54) is 12.8 Å². The third kappa shape index (κ3) is 3.20. The number of fused-ring (bicyclic) bond motifs is 2. The van der Waals surface area contributed by atoms with Gasteiger partial charge in [0.15, 0.2) is 0 Å². The summed E-state index contributed by atoms with van der Waals surface area (Å²) in [5.41, 5.74) is 2.04. The van der Waals surface area contributed by atoms with E-state index in [9.17, 15) is 5.11 Å². The van der Waals surface area contributed by atoms with Gasteiger partial charge >= 0.3 is 6.01 Å². The van der Waals surface area contributed by atoms with Crippen molar-refractivity contribution in [2.75, 3.05) is 0 Å². The number of ether oxygens (including phenoxy) is 1. The fraction of sp³-hybridized carbons (Fsp3) is 0.400. The quantitative estimate of drug-likeness (QED) is 0.720. The van der Waals surface area contributed by atoms with Crippen LogP contribution in [-0.2, 0) is 0 Å². The molecule has 0 aliphatic carbocycles. The molecule has 144 valence electrons. The van der Waals surface area contributed by atoms with Gasteiger partial charge in [0.05, 0.1) is 18.2 Å². The van der Waals surface area contributed by atoms with Gasteiger partial charge < -0.3 is 19.7 Å². The van der Waals surface area contributed by atoms with E-state index in [4.69, 9.17) is 4.74 Å². The van der Waals surface area contributed by atoms with E-state index in [0.717, 1.165) is 18.5 Å². The van der Waals surface area contributed by atoms with Crippen LogP contribution in [0.3, 0.4) is 0 Å². The normalized spacial score (nSPS) is 26.3. The van der Waals surface area contributed by atoms with Crippen molar-refractivity contribution in [1.82, 2.24) is 30.0 Å². The standard InChI is InChI=1S/C20H22N6O2/c1-20-5-4-13(23-20)8-15(10-20)28-19-22-11-17(24-25-19)16-3-2-14(9-18(16)27)26-7-6-21-12-26/h2-3,6-7,9,11-13,15,23,27H,4-5,8,10H2,1H3/t13?,15-,20+/m1/s1. The van der Waals surface area contributed by atoms with E-state index in [1.807, 2.05) is 16.8 Å². The van der Waals surface area contributed by atoms with E-state index in [-0.39, 0.29) is 23.4 Å². The van der Waals surface area contributed by atoms with Gasteiger partial charge in [0.25, 0.3) is 0 Å². The summed E-state index contributed by atoms with van der Waals surface area (Å²) in [5, 5.41) is 22.4. The van der Waals surface area contributed by atoms with Gasteiger partial charge in [-0.25, -0.2) is 9.97 Å². The highest BCUT2D eigenvalue weighted by atomic mass is 16.5. The Hall–Kier alpha value is -3.00. The van der Waals surface area contributed by atoms with Gasteiger partial charge in [0, 0.05) is 42.0 Å². The summed E-state index contributed by atoms with van der Waals surface area (Å²) in [6.07, 6.45) is 11.2. The summed E-state index contributed by atoms with van der Waals surface area (Å²) >= 11 is 0. The van der Waals surface area contributed by atoms with E-state index in [1.54, 1.807) is 30.9 Å². The van der Waals surface area contributed by atoms with Crippen molar-refractivity contribution >= 4 is 0 Å². The fourth-order valence-corrected chi connectivity index (χ4v) is 4.36. The number of nitrogens with zero attached hydrogens (tertiary/aromatic N) is 5. The summed E-state index contributed by atoms with van der Waals surface area (Å²) < 4.78 is 7.81. The summed E-state index contributed by atoms with van der Waals surface area (Å²) in [5.74, 6) is 0.110. The first-order chi connectivity index (χ1) is 13.6. The van der Waals surface area contributed by atoms with Crippen LogP contribution in [0.1, 0.15) is 32.6 Å². The molecule has 0 saturated carbocycles. The lowest BCUT2D eigenvalue weighted by Gasteiger charge is -2.35. The molecule has 2 N–H and O–H groups in total. The van der Waals surface area contributed by atoms with Gasteiger partial charge in [0.1, 0.15) is 17.5 Å². The van der Waals surface area contributed by atoms with Crippen LogP contribution in [0.5, 0.6) is 11.8 Å². The van der Waals surface area contributed by atoms with Crippen molar-refractivity contribution in [3.05, 3.63) is 43.1 Å². The number of hydrogen-bond donors (Lipinski definition) is 2. The van der Waals surface area contributed by atoms with Crippen molar-refractivity contribution in [3.63, 3.8) is 0 Å². The molecular weight excluding hydrogens is 356 g/mol. The summed E-state index contributed by atoms with van der Waals surface area (Å²) in [6, 6.07) is 6.14. The first-order valence-corrected chi connectivity index (χ1v) is 9.54. The van der Waals surface area contributed by atoms with Gasteiger partial charge in [-0.3, -0.25) is 0 Å². The molecule has 5 rings (SSSR count). The maximum absolute atomic E-state index is 10.4. The molecule has 2 aliphatic rings. The monoisotopic (exact) mass is 378 g/mol. The molecule has 2 fully saturated rings. The number of phenolic OH excluding ortho intramolecular Hbond substituents is 1. The minimum Gasteiger partial charge on any atom is -0.507 e. The molecule has 28 heavy (non-hydrogen) atoms. The second kappa shape index (κ2) is 6.56. The molecule has 8 nitrogen and oxygen atoms in total. The highest BCUT2D eigenvalue weighted by Gasteiger charge is 2.42. The smallest absolute Gasteiger partial charge is 0.335 e. The van der Waals surface area contributed by atoms with Crippen LogP contribution in [0.2, 0.25) is 0 Å². The Morgan fingerprint density at radius 2 is 2.25 bits per heavy atom. The Morgan fingerprint density at radius 1 is 1.32 bits per heavy atom. The number of phenols is 1. The Bertz CT molecular complexity index is 975. The molecule has 2 aromatic heterocycles. The van der Waals surface area contributed by atoms with Gasteiger partial charge in [-0.1, -0.05) is 5.10 Å². The minimum absolute atomic E-state index is 0.106. The predicted octanol–water partition coefficient (Wildman–Crippen LogP) is 2.48. The van der Waals surface area contributed by atoms with Crippen LogP contribution < -0.4 is 10.1 Å². The number of aromatic nitrogens is 5. The van der Waals surface area contributed by atoms with Crippen molar-refractivity contribution in [2.45, 2.75) is 50.3 Å². The van der Waals surface area contributed by atoms with Crippen LogP contribution in [0, 0.1) is 0 Å². The van der Waals surface area contributed by atoms with Gasteiger partial charge in [-0.2, -0.15) is 0 Å². The highest BCUT2D eigenvalue weighted by molar-refractivity contribution is 5.67. The zero-order valence-corrected chi connectivity index (χ0v) is 15.6. The average molecular weight is 378 g/mol. The van der Waals surface area contributed by atoms with Gasteiger partial charge in [-0.05, 0) is 38.3 Å². The van der Waals surface area contributed by atoms with Gasteiger partial charge in [0.2, 0.25) is 0 Å². The predicted molar refractivity (Wildman–Crippen MR) is 102 cm³/mol. The third-order valence-corrected chi connectivity index (χ3v) is 5.70. The summed E-state index contributed by atoms with van der Waals surface area (Å²) in [4.78, 5) is 8.33. The second-order valence-corrected chi connectivity index (χ2v) is 7.92. The third-order valence-electron chi connectivity index (χ3n) is 5.70. The number of hydrogen-bond acceptors (Lipinski definition) is 7. The molecule has 3 atom stereocenters. The topological polar surface area (TPSA) is 98.0 Å². The number of rotatable bonds is 4. The minimum atomic E-state index is 0.106. The molecule has 2 saturated heterocycles. The molecule has 2 aliphatic heterocycles. The molecule has 2 bridgehead atoms. The average Bonchev–Trinajstić information content (AvgIpc) is 3.30. The zero-order valence-electron chi connectivity index (χ0n) is 15.6. The molecule has 1 aromatic carbocycles. The Kier molecular flexibility index (Phi) is 4.01. The lowest BCUT2D eigenvalue weighted by Crippen LogP contribution is -2.50. The highest BCUT2D eigenvalue weighted by Crippen LogP contribution is 2.36. The Labute approximate surface area is 162 Å². The lowest BCUT2D eigenvalue weighted by atomic mass is 9.91. The second-order valence-electron chi connectivity index (χ2n) is 7.92. The van der Waals surface area contributed by atoms with Crippen LogP contribution in [-0.4, -0.2) is 47.5 Å². The van der Waals surface area contributed by atoms with Crippen molar-refractivity contribution in [2.24, 2.45) is 0 Å². The Balaban J connectivity index is 1.31. The first-order valence-electron chi connectivity index (χ1n) is 9.54. The van der Waals surface area contributed by atoms with E-state index in [2.05, 4.69) is 32.4 Å². The maximum Gasteiger partial charge on any atom is 0.335 e. The number of benzene rings is 1. The molecule has 0 spiro atoms. The van der Waals surface area contributed by atoms with Crippen LogP contribution in [0.15, 0.2) is 43.1 Å². The number of imidazole rings is 1. The molecule has 0 radical (unpaired) electrons. The van der Waals surface area contributed by atoms with Gasteiger partial charge in [-0.15, -0.1) is 5.10 Å². The van der Waals surface area contributed by atoms with Crippen LogP contribution >= 0.6 is 0 Å². The van der Waals surface area contributed by atoms with Crippen molar-refractivity contribution < 1.29 is 9.84 Å².